The number of halogens is 2. The molecule has 0 aliphatic carbocycles. The van der Waals surface area contributed by atoms with E-state index in [9.17, 15) is 14.0 Å². The Bertz CT molecular complexity index is 784. The third kappa shape index (κ3) is 2.39. The number of methoxy groups -OCH3 is 1. The first-order valence-corrected chi connectivity index (χ1v) is 7.23. The average Bonchev–Trinajstić information content (AvgIpc) is 2.89. The number of nitrogens with one attached hydrogen (secondary N) is 1. The van der Waals surface area contributed by atoms with E-state index in [1.807, 2.05) is 0 Å². The van der Waals surface area contributed by atoms with Crippen LogP contribution in [0.3, 0.4) is 0 Å². The summed E-state index contributed by atoms with van der Waals surface area (Å²) in [4.78, 5) is 24.3. The monoisotopic (exact) mass is 337 g/mol. The quantitative estimate of drug-likeness (QED) is 0.840. The molecule has 0 fully saturated rings. The highest BCUT2D eigenvalue weighted by Gasteiger charge is 2.42. The van der Waals surface area contributed by atoms with Crippen LogP contribution < -0.4 is 5.32 Å². The minimum atomic E-state index is -0.924. The van der Waals surface area contributed by atoms with Gasteiger partial charge in [0, 0.05) is 11.3 Å². The molecule has 1 atom stereocenters. The second-order valence-corrected chi connectivity index (χ2v) is 5.61. The van der Waals surface area contributed by atoms with E-state index in [0.29, 0.717) is 11.4 Å². The molecule has 2 heterocycles. The van der Waals surface area contributed by atoms with Crippen LogP contribution in [0.1, 0.15) is 18.4 Å². The van der Waals surface area contributed by atoms with Crippen LogP contribution >= 0.6 is 11.6 Å². The van der Waals surface area contributed by atoms with Gasteiger partial charge >= 0.3 is 11.9 Å². The van der Waals surface area contributed by atoms with Gasteiger partial charge in [0.05, 0.1) is 34.9 Å². The molecule has 0 spiro atoms. The predicted molar refractivity (Wildman–Crippen MR) is 80.0 cm³/mol. The molecule has 1 N–H and O–H groups in total. The lowest BCUT2D eigenvalue weighted by molar-refractivity contribution is -0.136. The van der Waals surface area contributed by atoms with Crippen LogP contribution in [-0.2, 0) is 19.1 Å². The minimum Gasteiger partial charge on any atom is -0.466 e. The Balaban J connectivity index is 2.25. The van der Waals surface area contributed by atoms with E-state index in [4.69, 9.17) is 21.1 Å². The van der Waals surface area contributed by atoms with Gasteiger partial charge in [-0.15, -0.1) is 0 Å². The van der Waals surface area contributed by atoms with Crippen LogP contribution in [0.4, 0.5) is 4.39 Å². The zero-order chi connectivity index (χ0) is 16.7. The van der Waals surface area contributed by atoms with Crippen molar-refractivity contribution in [3.05, 3.63) is 57.1 Å². The number of allylic oxidation sites excluding steroid dienone is 1. The number of hydrogen-bond acceptors (Lipinski definition) is 5. The summed E-state index contributed by atoms with van der Waals surface area (Å²) in [5.74, 6) is -2.84. The van der Waals surface area contributed by atoms with E-state index in [-0.39, 0.29) is 28.3 Å². The second-order valence-electron chi connectivity index (χ2n) is 5.20. The Hall–Kier alpha value is -2.34. The van der Waals surface area contributed by atoms with Crippen molar-refractivity contribution < 1.29 is 23.5 Å². The SMILES string of the molecule is COC(=O)C1=C(C)NC2=C(C(=O)OC2)C1c1cccc(Cl)c1F. The number of carbonyl (C=O) groups is 2. The van der Waals surface area contributed by atoms with Gasteiger partial charge in [-0.1, -0.05) is 23.7 Å². The summed E-state index contributed by atoms with van der Waals surface area (Å²) in [6, 6.07) is 4.45. The molecule has 1 aromatic carbocycles. The van der Waals surface area contributed by atoms with Gasteiger partial charge < -0.3 is 14.8 Å². The first-order valence-electron chi connectivity index (χ1n) is 6.85. The first kappa shape index (κ1) is 15.6. The molecule has 0 bridgehead atoms. The van der Waals surface area contributed by atoms with Crippen molar-refractivity contribution in [2.24, 2.45) is 0 Å². The molecule has 0 aromatic heterocycles. The number of rotatable bonds is 2. The van der Waals surface area contributed by atoms with Crippen molar-refractivity contribution in [1.82, 2.24) is 5.32 Å². The Labute approximate surface area is 136 Å². The summed E-state index contributed by atoms with van der Waals surface area (Å²) < 4.78 is 24.4. The van der Waals surface area contributed by atoms with E-state index < -0.39 is 23.7 Å². The van der Waals surface area contributed by atoms with Crippen molar-refractivity contribution >= 4 is 23.5 Å². The van der Waals surface area contributed by atoms with Gasteiger partial charge in [-0.2, -0.15) is 0 Å². The molecule has 2 aliphatic rings. The normalized spacial score (nSPS) is 20.2. The van der Waals surface area contributed by atoms with Crippen molar-refractivity contribution in [1.29, 1.82) is 0 Å². The van der Waals surface area contributed by atoms with E-state index in [0.717, 1.165) is 0 Å². The van der Waals surface area contributed by atoms with E-state index >= 15 is 0 Å². The summed E-state index contributed by atoms with van der Waals surface area (Å²) in [5.41, 5.74) is 1.50. The molecular weight excluding hydrogens is 325 g/mol. The van der Waals surface area contributed by atoms with Crippen molar-refractivity contribution in [2.45, 2.75) is 12.8 Å². The molecule has 3 rings (SSSR count). The Kier molecular flexibility index (Phi) is 3.85. The standard InChI is InChI=1S/C16H13ClFNO4/c1-7-11(15(20)22-2)12(8-4-3-5-9(17)14(8)18)13-10(19-7)6-23-16(13)21/h3-5,12,19H,6H2,1-2H3. The van der Waals surface area contributed by atoms with Gasteiger partial charge in [-0.05, 0) is 13.0 Å². The second kappa shape index (κ2) is 5.70. The minimum absolute atomic E-state index is 0.0542. The third-order valence-corrected chi connectivity index (χ3v) is 4.20. The molecule has 1 aromatic rings. The molecule has 120 valence electrons. The fourth-order valence-electron chi connectivity index (χ4n) is 2.90. The topological polar surface area (TPSA) is 64.6 Å². The Morgan fingerprint density at radius 1 is 1.48 bits per heavy atom. The van der Waals surface area contributed by atoms with Crippen molar-refractivity contribution in [3.8, 4) is 0 Å². The molecule has 0 radical (unpaired) electrons. The van der Waals surface area contributed by atoms with Gasteiger partial charge in [0.15, 0.2) is 0 Å². The lowest BCUT2D eigenvalue weighted by Gasteiger charge is -2.27. The lowest BCUT2D eigenvalue weighted by Crippen LogP contribution is -2.30. The maximum absolute atomic E-state index is 14.5. The zero-order valence-electron chi connectivity index (χ0n) is 12.4. The Morgan fingerprint density at radius 3 is 2.91 bits per heavy atom. The first-order chi connectivity index (χ1) is 11.0. The highest BCUT2D eigenvalue weighted by molar-refractivity contribution is 6.30. The number of cyclic esters (lactones) is 1. The molecule has 5 nitrogen and oxygen atoms in total. The maximum Gasteiger partial charge on any atom is 0.337 e. The van der Waals surface area contributed by atoms with Gasteiger partial charge in [0.2, 0.25) is 0 Å². The van der Waals surface area contributed by atoms with Gasteiger partial charge in [0.25, 0.3) is 0 Å². The molecular formula is C16H13ClFNO4. The van der Waals surface area contributed by atoms with E-state index in [1.165, 1.54) is 19.2 Å². The summed E-state index contributed by atoms with van der Waals surface area (Å²) in [7, 11) is 1.23. The van der Waals surface area contributed by atoms with E-state index in [2.05, 4.69) is 5.32 Å². The van der Waals surface area contributed by atoms with Crippen LogP contribution in [0.2, 0.25) is 5.02 Å². The summed E-state index contributed by atoms with van der Waals surface area (Å²) in [6.07, 6.45) is 0. The maximum atomic E-state index is 14.5. The molecule has 0 saturated heterocycles. The van der Waals surface area contributed by atoms with Gasteiger partial charge in [0.1, 0.15) is 12.4 Å². The highest BCUT2D eigenvalue weighted by atomic mass is 35.5. The number of hydrogen-bond donors (Lipinski definition) is 1. The van der Waals surface area contributed by atoms with Crippen LogP contribution in [-0.4, -0.2) is 25.7 Å². The molecule has 1 unspecified atom stereocenters. The van der Waals surface area contributed by atoms with Crippen molar-refractivity contribution in [3.63, 3.8) is 0 Å². The Morgan fingerprint density at radius 2 is 2.22 bits per heavy atom. The lowest BCUT2D eigenvalue weighted by atomic mass is 9.80. The summed E-state index contributed by atoms with van der Waals surface area (Å²) in [5, 5.41) is 2.88. The summed E-state index contributed by atoms with van der Waals surface area (Å²) >= 11 is 5.85. The average molecular weight is 338 g/mol. The molecule has 23 heavy (non-hydrogen) atoms. The van der Waals surface area contributed by atoms with Crippen LogP contribution in [0.25, 0.3) is 0 Å². The zero-order valence-corrected chi connectivity index (χ0v) is 13.2. The van der Waals surface area contributed by atoms with Crippen molar-refractivity contribution in [2.75, 3.05) is 13.7 Å². The number of ether oxygens (including phenoxy) is 2. The summed E-state index contributed by atoms with van der Waals surface area (Å²) in [6.45, 7) is 1.72. The van der Waals surface area contributed by atoms with E-state index in [1.54, 1.807) is 13.0 Å². The molecule has 0 saturated carbocycles. The van der Waals surface area contributed by atoms with Crippen LogP contribution in [0, 0.1) is 5.82 Å². The van der Waals surface area contributed by atoms with Crippen LogP contribution in [0.15, 0.2) is 40.7 Å². The molecule has 2 aliphatic heterocycles. The number of benzene rings is 1. The number of dihydropyridines is 1. The third-order valence-electron chi connectivity index (χ3n) is 3.91. The molecule has 7 heteroatoms. The predicted octanol–water partition coefficient (Wildman–Crippen LogP) is 2.42. The largest absolute Gasteiger partial charge is 0.466 e. The fraction of sp³-hybridized carbons (Fsp3) is 0.250. The molecule has 0 amide bonds. The number of carbonyl (C=O) groups excluding carboxylic acids is 2. The van der Waals surface area contributed by atoms with Gasteiger partial charge in [-0.25, -0.2) is 14.0 Å². The number of esters is 2. The van der Waals surface area contributed by atoms with Crippen LogP contribution in [0.5, 0.6) is 0 Å². The smallest absolute Gasteiger partial charge is 0.337 e. The highest BCUT2D eigenvalue weighted by Crippen LogP contribution is 2.42. The fourth-order valence-corrected chi connectivity index (χ4v) is 3.08. The van der Waals surface area contributed by atoms with Gasteiger partial charge in [-0.3, -0.25) is 0 Å².